The summed E-state index contributed by atoms with van der Waals surface area (Å²) in [5, 5.41) is 0. The maximum absolute atomic E-state index is 12.7. The van der Waals surface area contributed by atoms with Gasteiger partial charge in [0.25, 0.3) is 0 Å². The second-order valence-electron chi connectivity index (χ2n) is 6.98. The molecule has 1 heterocycles. The van der Waals surface area contributed by atoms with Crippen LogP contribution in [0.2, 0.25) is 0 Å². The second-order valence-corrected chi connectivity index (χ2v) is 6.98. The highest BCUT2D eigenvalue weighted by molar-refractivity contribution is 5.85. The molecule has 0 bridgehead atoms. The molecule has 3 rings (SSSR count). The van der Waals surface area contributed by atoms with E-state index >= 15 is 0 Å². The van der Waals surface area contributed by atoms with Crippen LogP contribution in [0.5, 0.6) is 0 Å². The molecule has 0 spiro atoms. The fourth-order valence-corrected chi connectivity index (χ4v) is 3.31. The number of amides is 1. The summed E-state index contributed by atoms with van der Waals surface area (Å²) in [6.45, 7) is 8.35. The van der Waals surface area contributed by atoms with Gasteiger partial charge in [0.1, 0.15) is 6.04 Å². The van der Waals surface area contributed by atoms with Crippen LogP contribution in [0.25, 0.3) is 0 Å². The Hall–Kier alpha value is -1.59. The number of carbonyl (C=O) groups excluding carboxylic acids is 1. The SMILES string of the molecule is Cc1ccc(C(N)C(=O)N2CCN(Cc3cccc(C)c3)CC2)cc1.Cl.Cl. The largest absolute Gasteiger partial charge is 0.338 e. The average Bonchev–Trinajstić information content (AvgIpc) is 2.62. The molecule has 0 aromatic heterocycles. The third-order valence-electron chi connectivity index (χ3n) is 4.88. The molecule has 148 valence electrons. The molecule has 1 atom stereocenters. The van der Waals surface area contributed by atoms with Gasteiger partial charge < -0.3 is 10.6 Å². The molecular formula is C21H29Cl2N3O. The van der Waals surface area contributed by atoms with Crippen LogP contribution in [0.15, 0.2) is 48.5 Å². The fourth-order valence-electron chi connectivity index (χ4n) is 3.31. The van der Waals surface area contributed by atoms with Crippen molar-refractivity contribution in [2.45, 2.75) is 26.4 Å². The van der Waals surface area contributed by atoms with Gasteiger partial charge in [0.2, 0.25) is 5.91 Å². The molecule has 1 amide bonds. The standard InChI is InChI=1S/C21H27N3O.2ClH/c1-16-6-8-19(9-7-16)20(22)21(25)24-12-10-23(11-13-24)15-18-5-3-4-17(2)14-18;;/h3-9,14,20H,10-13,15,22H2,1-2H3;2*1H. The van der Waals surface area contributed by atoms with Crippen LogP contribution >= 0.6 is 24.8 Å². The molecular weight excluding hydrogens is 381 g/mol. The maximum atomic E-state index is 12.7. The van der Waals surface area contributed by atoms with Gasteiger partial charge in [0, 0.05) is 32.7 Å². The van der Waals surface area contributed by atoms with E-state index in [9.17, 15) is 4.79 Å². The molecule has 6 heteroatoms. The average molecular weight is 410 g/mol. The number of nitrogens with two attached hydrogens (primary N) is 1. The highest BCUT2D eigenvalue weighted by Crippen LogP contribution is 2.16. The monoisotopic (exact) mass is 409 g/mol. The number of hydrogen-bond acceptors (Lipinski definition) is 3. The van der Waals surface area contributed by atoms with Gasteiger partial charge in [-0.15, -0.1) is 24.8 Å². The molecule has 27 heavy (non-hydrogen) atoms. The topological polar surface area (TPSA) is 49.6 Å². The van der Waals surface area contributed by atoms with Gasteiger partial charge >= 0.3 is 0 Å². The number of piperazine rings is 1. The second kappa shape index (κ2) is 10.7. The van der Waals surface area contributed by atoms with E-state index in [1.54, 1.807) is 0 Å². The first kappa shape index (κ1) is 23.4. The van der Waals surface area contributed by atoms with Crippen LogP contribution in [0.3, 0.4) is 0 Å². The molecule has 1 fully saturated rings. The van der Waals surface area contributed by atoms with Gasteiger partial charge in [-0.1, -0.05) is 59.7 Å². The summed E-state index contributed by atoms with van der Waals surface area (Å²) in [6.07, 6.45) is 0. The Labute approximate surface area is 174 Å². The van der Waals surface area contributed by atoms with Crippen molar-refractivity contribution >= 4 is 30.7 Å². The van der Waals surface area contributed by atoms with Gasteiger partial charge in [-0.05, 0) is 25.0 Å². The van der Waals surface area contributed by atoms with Crippen LogP contribution < -0.4 is 5.73 Å². The smallest absolute Gasteiger partial charge is 0.244 e. The number of hydrogen-bond donors (Lipinski definition) is 1. The van der Waals surface area contributed by atoms with Crippen LogP contribution in [0, 0.1) is 13.8 Å². The maximum Gasteiger partial charge on any atom is 0.244 e. The van der Waals surface area contributed by atoms with Gasteiger partial charge in [0.15, 0.2) is 0 Å². The van der Waals surface area contributed by atoms with Gasteiger partial charge in [-0.3, -0.25) is 9.69 Å². The quantitative estimate of drug-likeness (QED) is 0.840. The van der Waals surface area contributed by atoms with E-state index in [-0.39, 0.29) is 30.7 Å². The minimum atomic E-state index is -0.566. The van der Waals surface area contributed by atoms with Crippen molar-refractivity contribution < 1.29 is 4.79 Å². The lowest BCUT2D eigenvalue weighted by Crippen LogP contribution is -2.50. The van der Waals surface area contributed by atoms with Crippen LogP contribution in [-0.4, -0.2) is 41.9 Å². The Balaban J connectivity index is 0.00000182. The van der Waals surface area contributed by atoms with E-state index in [1.807, 2.05) is 36.1 Å². The minimum absolute atomic E-state index is 0. The van der Waals surface area contributed by atoms with E-state index in [1.165, 1.54) is 16.7 Å². The van der Waals surface area contributed by atoms with Crippen molar-refractivity contribution in [2.24, 2.45) is 5.73 Å². The number of carbonyl (C=O) groups is 1. The van der Waals surface area contributed by atoms with Crippen LogP contribution in [0.4, 0.5) is 0 Å². The van der Waals surface area contributed by atoms with Crippen molar-refractivity contribution in [3.8, 4) is 0 Å². The number of nitrogens with zero attached hydrogens (tertiary/aromatic N) is 2. The first-order valence-electron chi connectivity index (χ1n) is 8.92. The highest BCUT2D eigenvalue weighted by Gasteiger charge is 2.26. The van der Waals surface area contributed by atoms with E-state index in [2.05, 4.69) is 36.1 Å². The van der Waals surface area contributed by atoms with Crippen molar-refractivity contribution in [3.05, 3.63) is 70.8 Å². The van der Waals surface area contributed by atoms with E-state index in [4.69, 9.17) is 5.73 Å². The van der Waals surface area contributed by atoms with E-state index in [0.29, 0.717) is 0 Å². The Kier molecular flexibility index (Phi) is 9.27. The Morgan fingerprint density at radius 3 is 2.19 bits per heavy atom. The molecule has 1 saturated heterocycles. The molecule has 1 aliphatic rings. The Morgan fingerprint density at radius 1 is 0.963 bits per heavy atom. The van der Waals surface area contributed by atoms with E-state index < -0.39 is 6.04 Å². The zero-order valence-electron chi connectivity index (χ0n) is 15.9. The number of rotatable bonds is 4. The highest BCUT2D eigenvalue weighted by atomic mass is 35.5. The summed E-state index contributed by atoms with van der Waals surface area (Å²) in [5.41, 5.74) is 10.9. The van der Waals surface area contributed by atoms with Crippen molar-refractivity contribution in [2.75, 3.05) is 26.2 Å². The lowest BCUT2D eigenvalue weighted by Gasteiger charge is -2.36. The van der Waals surface area contributed by atoms with Crippen molar-refractivity contribution in [1.82, 2.24) is 9.80 Å². The summed E-state index contributed by atoms with van der Waals surface area (Å²) in [5.74, 6) is 0.0269. The number of aryl methyl sites for hydroxylation is 2. The zero-order valence-corrected chi connectivity index (χ0v) is 17.6. The molecule has 0 aliphatic carbocycles. The van der Waals surface area contributed by atoms with Crippen LogP contribution in [0.1, 0.15) is 28.3 Å². The normalized spacial score (nSPS) is 15.4. The van der Waals surface area contributed by atoms with Gasteiger partial charge in [0.05, 0.1) is 0 Å². The molecule has 0 saturated carbocycles. The van der Waals surface area contributed by atoms with Gasteiger partial charge in [-0.2, -0.15) is 0 Å². The molecule has 2 aromatic rings. The first-order chi connectivity index (χ1) is 12.0. The Morgan fingerprint density at radius 2 is 1.59 bits per heavy atom. The number of halogens is 2. The third kappa shape index (κ3) is 6.22. The number of benzene rings is 2. The zero-order chi connectivity index (χ0) is 17.8. The van der Waals surface area contributed by atoms with E-state index in [0.717, 1.165) is 38.3 Å². The predicted octanol–water partition coefficient (Wildman–Crippen LogP) is 3.49. The molecule has 2 N–H and O–H groups in total. The molecule has 4 nitrogen and oxygen atoms in total. The lowest BCUT2D eigenvalue weighted by molar-refractivity contribution is -0.134. The summed E-state index contributed by atoms with van der Waals surface area (Å²) in [4.78, 5) is 17.0. The minimum Gasteiger partial charge on any atom is -0.338 e. The summed E-state index contributed by atoms with van der Waals surface area (Å²) < 4.78 is 0. The summed E-state index contributed by atoms with van der Waals surface area (Å²) >= 11 is 0. The fraction of sp³-hybridized carbons (Fsp3) is 0.381. The predicted molar refractivity (Wildman–Crippen MR) is 116 cm³/mol. The lowest BCUT2D eigenvalue weighted by atomic mass is 10.0. The van der Waals surface area contributed by atoms with Crippen molar-refractivity contribution in [1.29, 1.82) is 0 Å². The molecule has 0 radical (unpaired) electrons. The summed E-state index contributed by atoms with van der Waals surface area (Å²) in [7, 11) is 0. The third-order valence-corrected chi connectivity index (χ3v) is 4.88. The Bertz CT molecular complexity index is 728. The first-order valence-corrected chi connectivity index (χ1v) is 8.92. The van der Waals surface area contributed by atoms with Crippen LogP contribution in [-0.2, 0) is 11.3 Å². The molecule has 1 unspecified atom stereocenters. The van der Waals surface area contributed by atoms with Crippen molar-refractivity contribution in [3.63, 3.8) is 0 Å². The molecule has 1 aliphatic heterocycles. The molecule has 2 aromatic carbocycles. The summed E-state index contributed by atoms with van der Waals surface area (Å²) in [6, 6.07) is 16.0. The van der Waals surface area contributed by atoms with Gasteiger partial charge in [-0.25, -0.2) is 0 Å².